The topological polar surface area (TPSA) is 119 Å². The lowest BCUT2D eigenvalue weighted by Crippen LogP contribution is -2.50. The van der Waals surface area contributed by atoms with E-state index in [1.807, 2.05) is 0 Å². The van der Waals surface area contributed by atoms with Gasteiger partial charge in [0.2, 0.25) is 5.95 Å². The first-order valence-corrected chi connectivity index (χ1v) is 11.1. The van der Waals surface area contributed by atoms with E-state index in [1.54, 1.807) is 37.4 Å². The van der Waals surface area contributed by atoms with Gasteiger partial charge in [-0.25, -0.2) is 9.78 Å². The number of carbonyl (C=O) groups is 2. The zero-order valence-electron chi connectivity index (χ0n) is 19.3. The van der Waals surface area contributed by atoms with Gasteiger partial charge in [-0.15, -0.1) is 0 Å². The summed E-state index contributed by atoms with van der Waals surface area (Å²) in [6.45, 7) is 0.233. The van der Waals surface area contributed by atoms with Crippen LogP contribution in [0.5, 0.6) is 5.75 Å². The van der Waals surface area contributed by atoms with E-state index in [1.165, 1.54) is 23.5 Å². The van der Waals surface area contributed by atoms with Crippen LogP contribution in [0.15, 0.2) is 48.9 Å². The van der Waals surface area contributed by atoms with Gasteiger partial charge in [-0.05, 0) is 29.8 Å². The maximum atomic E-state index is 13.8. The predicted molar refractivity (Wildman–Crippen MR) is 125 cm³/mol. The Kier molecular flexibility index (Phi) is 6.13. The third-order valence-electron chi connectivity index (χ3n) is 5.85. The molecule has 2 aromatic heterocycles. The molecule has 0 spiro atoms. The van der Waals surface area contributed by atoms with E-state index in [9.17, 15) is 19.1 Å². The lowest BCUT2D eigenvalue weighted by atomic mass is 10.0. The maximum Gasteiger partial charge on any atom is 0.342 e. The third-order valence-corrected chi connectivity index (χ3v) is 5.85. The zero-order chi connectivity index (χ0) is 25.3. The molecular formula is C25H22FN5O5. The van der Waals surface area contributed by atoms with Crippen molar-refractivity contribution in [2.75, 3.05) is 31.8 Å². The van der Waals surface area contributed by atoms with Crippen LogP contribution in [-0.4, -0.2) is 70.3 Å². The van der Waals surface area contributed by atoms with Gasteiger partial charge in [0.05, 0.1) is 25.1 Å². The number of aliphatic hydroxyl groups is 1. The number of benzene rings is 1. The largest absolute Gasteiger partial charge is 0.489 e. The van der Waals surface area contributed by atoms with E-state index >= 15 is 0 Å². The quantitative estimate of drug-likeness (QED) is 0.416. The van der Waals surface area contributed by atoms with Crippen molar-refractivity contribution in [1.29, 1.82) is 0 Å². The third kappa shape index (κ3) is 4.77. The number of nitrogens with zero attached hydrogens (tertiary/aromatic N) is 4. The van der Waals surface area contributed by atoms with E-state index in [0.29, 0.717) is 28.1 Å². The Labute approximate surface area is 205 Å². The summed E-state index contributed by atoms with van der Waals surface area (Å²) in [5.74, 6) is 5.17. The molecule has 0 aliphatic carbocycles. The summed E-state index contributed by atoms with van der Waals surface area (Å²) in [5.41, 5.74) is 0.910. The van der Waals surface area contributed by atoms with Gasteiger partial charge in [0, 0.05) is 37.0 Å². The second-order valence-corrected chi connectivity index (χ2v) is 8.59. The predicted octanol–water partition coefficient (Wildman–Crippen LogP) is 1.10. The van der Waals surface area contributed by atoms with Crippen LogP contribution >= 0.6 is 0 Å². The van der Waals surface area contributed by atoms with Crippen molar-refractivity contribution in [1.82, 2.24) is 20.1 Å². The number of amides is 2. The molecule has 11 heteroatoms. The molecule has 2 amide bonds. The van der Waals surface area contributed by atoms with Gasteiger partial charge < -0.3 is 24.8 Å². The molecule has 5 rings (SSSR count). The summed E-state index contributed by atoms with van der Waals surface area (Å²) < 4.78 is 25.7. The number of nitrogens with one attached hydrogen (secondary N) is 1. The molecule has 0 unspecified atom stereocenters. The Hall–Kier alpha value is -4.27. The van der Waals surface area contributed by atoms with Gasteiger partial charge in [0.1, 0.15) is 18.4 Å². The number of carbonyl (C=O) groups excluding carboxylic acids is 2. The minimum atomic E-state index is -1.15. The second-order valence-electron chi connectivity index (χ2n) is 8.59. The average Bonchev–Trinajstić information content (AvgIpc) is 3.29. The highest BCUT2D eigenvalue weighted by Gasteiger charge is 2.34. The second kappa shape index (κ2) is 9.41. The molecule has 36 heavy (non-hydrogen) atoms. The Morgan fingerprint density at radius 3 is 2.94 bits per heavy atom. The average molecular weight is 491 g/mol. The summed E-state index contributed by atoms with van der Waals surface area (Å²) >= 11 is 0. The van der Waals surface area contributed by atoms with Crippen molar-refractivity contribution in [3.63, 3.8) is 0 Å². The van der Waals surface area contributed by atoms with Crippen molar-refractivity contribution >= 4 is 17.6 Å². The monoisotopic (exact) mass is 491 g/mol. The van der Waals surface area contributed by atoms with Crippen LogP contribution in [-0.2, 0) is 16.0 Å². The van der Waals surface area contributed by atoms with E-state index in [2.05, 4.69) is 27.2 Å². The van der Waals surface area contributed by atoms with Crippen LogP contribution < -0.4 is 15.0 Å². The molecule has 10 nitrogen and oxygen atoms in total. The molecule has 0 bridgehead atoms. The lowest BCUT2D eigenvalue weighted by molar-refractivity contribution is -0.140. The number of aromatic nitrogens is 3. The molecule has 0 radical (unpaired) electrons. The first kappa shape index (κ1) is 23.5. The summed E-state index contributed by atoms with van der Waals surface area (Å²) in [5, 5.41) is 16.8. The number of hydrogen-bond donors (Lipinski definition) is 2. The van der Waals surface area contributed by atoms with E-state index in [-0.39, 0.29) is 32.1 Å². The number of rotatable bonds is 3. The first-order chi connectivity index (χ1) is 17.3. The van der Waals surface area contributed by atoms with Gasteiger partial charge in [-0.2, -0.15) is 14.2 Å². The molecule has 2 aliphatic rings. The first-order valence-electron chi connectivity index (χ1n) is 11.1. The van der Waals surface area contributed by atoms with Gasteiger partial charge in [0.25, 0.3) is 5.91 Å². The number of likely N-dealkylation sites (N-methyl/N-ethyl adjacent to an activating group) is 1. The maximum absolute atomic E-state index is 13.8. The number of ether oxygens (including phenoxy) is 2. The van der Waals surface area contributed by atoms with Crippen molar-refractivity contribution in [3.8, 4) is 17.6 Å². The standard InChI is InChI=1S/C25H22FN5O5/c1-30-20-10-16(6-7-25(34)14-35-15-25)4-5-21(20)36-13-19(23(30)32)29-24(33)31-12-17(11-28-31)9-18-3-2-8-27-22(18)26/h2-5,8,10-12,19,34H,9,13-15H2,1H3,(H,29,33)/t19-/m1/s1. The number of pyridine rings is 1. The molecule has 2 N–H and O–H groups in total. The zero-order valence-corrected chi connectivity index (χ0v) is 19.3. The highest BCUT2D eigenvalue weighted by atomic mass is 19.1. The van der Waals surface area contributed by atoms with Crippen LogP contribution in [0.4, 0.5) is 14.9 Å². The van der Waals surface area contributed by atoms with Crippen molar-refractivity contribution < 1.29 is 28.6 Å². The summed E-state index contributed by atoms with van der Waals surface area (Å²) in [6, 6.07) is 6.73. The fraction of sp³-hybridized carbons (Fsp3) is 0.280. The van der Waals surface area contributed by atoms with Crippen molar-refractivity contribution in [2.24, 2.45) is 0 Å². The number of hydrogen-bond acceptors (Lipinski definition) is 7. The normalized spacial score (nSPS) is 18.1. The van der Waals surface area contributed by atoms with Crippen LogP contribution in [0.25, 0.3) is 0 Å². The molecule has 2 aliphatic heterocycles. The van der Waals surface area contributed by atoms with Crippen molar-refractivity contribution in [3.05, 3.63) is 71.6 Å². The highest BCUT2D eigenvalue weighted by molar-refractivity contribution is 6.00. The van der Waals surface area contributed by atoms with Crippen LogP contribution in [0, 0.1) is 17.8 Å². The molecular weight excluding hydrogens is 469 g/mol. The minimum Gasteiger partial charge on any atom is -0.489 e. The van der Waals surface area contributed by atoms with E-state index in [0.717, 1.165) is 4.68 Å². The van der Waals surface area contributed by atoms with Gasteiger partial charge in [0.15, 0.2) is 5.60 Å². The van der Waals surface area contributed by atoms with Crippen LogP contribution in [0.1, 0.15) is 16.7 Å². The Morgan fingerprint density at radius 1 is 1.36 bits per heavy atom. The fourth-order valence-electron chi connectivity index (χ4n) is 3.78. The summed E-state index contributed by atoms with van der Waals surface area (Å²) in [4.78, 5) is 30.9. The van der Waals surface area contributed by atoms with Gasteiger partial charge in [-0.3, -0.25) is 4.79 Å². The Balaban J connectivity index is 1.27. The molecule has 1 aromatic carbocycles. The smallest absolute Gasteiger partial charge is 0.342 e. The molecule has 1 saturated heterocycles. The number of anilines is 1. The number of fused-ring (bicyclic) bond motifs is 1. The van der Waals surface area contributed by atoms with Gasteiger partial charge >= 0.3 is 6.03 Å². The van der Waals surface area contributed by atoms with E-state index in [4.69, 9.17) is 9.47 Å². The molecule has 1 atom stereocenters. The molecule has 1 fully saturated rings. The van der Waals surface area contributed by atoms with Crippen LogP contribution in [0.2, 0.25) is 0 Å². The molecule has 184 valence electrons. The summed E-state index contributed by atoms with van der Waals surface area (Å²) in [7, 11) is 1.58. The fourth-order valence-corrected chi connectivity index (χ4v) is 3.78. The molecule has 3 aromatic rings. The minimum absolute atomic E-state index is 0.0843. The van der Waals surface area contributed by atoms with Gasteiger partial charge in [-0.1, -0.05) is 17.9 Å². The molecule has 0 saturated carbocycles. The number of halogens is 1. The van der Waals surface area contributed by atoms with Crippen LogP contribution in [0.3, 0.4) is 0 Å². The summed E-state index contributed by atoms with van der Waals surface area (Å²) in [6.07, 6.45) is 4.49. The SMILES string of the molecule is CN1C(=O)[C@H](NC(=O)n2cc(Cc3cccnc3F)cn2)COc2ccc(C#CC3(O)COC3)cc21. The Morgan fingerprint density at radius 2 is 2.19 bits per heavy atom. The van der Waals surface area contributed by atoms with E-state index < -0.39 is 23.6 Å². The highest BCUT2D eigenvalue weighted by Crippen LogP contribution is 2.31. The lowest BCUT2D eigenvalue weighted by Gasteiger charge is -2.30. The molecule has 4 heterocycles. The Bertz CT molecular complexity index is 1390. The van der Waals surface area contributed by atoms with Crippen molar-refractivity contribution in [2.45, 2.75) is 18.1 Å².